The van der Waals surface area contributed by atoms with Crippen LogP contribution in [0.25, 0.3) is 0 Å². The third-order valence-electron chi connectivity index (χ3n) is 2.90. The van der Waals surface area contributed by atoms with Gasteiger partial charge in [0.05, 0.1) is 12.6 Å². The lowest BCUT2D eigenvalue weighted by atomic mass is 9.96. The molecule has 15 heavy (non-hydrogen) atoms. The molecule has 0 spiro atoms. The SMILES string of the molecule is CCC(O)CN=C(N)NC1CCCCC1. The maximum absolute atomic E-state index is 9.32. The van der Waals surface area contributed by atoms with Gasteiger partial charge in [-0.05, 0) is 19.3 Å². The number of nitrogens with one attached hydrogen (secondary N) is 1. The summed E-state index contributed by atoms with van der Waals surface area (Å²) in [5.74, 6) is 0.481. The molecule has 0 aliphatic heterocycles. The average molecular weight is 213 g/mol. The first-order valence-corrected chi connectivity index (χ1v) is 5.97. The molecule has 0 heterocycles. The van der Waals surface area contributed by atoms with Crippen LogP contribution in [-0.2, 0) is 0 Å². The Kier molecular flexibility index (Phi) is 5.47. The number of aliphatic imine (C=N–C) groups is 1. The molecule has 4 heteroatoms. The standard InChI is InChI=1S/C11H23N3O/c1-2-10(15)8-13-11(12)14-9-6-4-3-5-7-9/h9-10,15H,2-8H2,1H3,(H3,12,13,14). The van der Waals surface area contributed by atoms with Crippen LogP contribution in [0.3, 0.4) is 0 Å². The molecule has 0 aromatic heterocycles. The van der Waals surface area contributed by atoms with E-state index in [4.69, 9.17) is 5.73 Å². The van der Waals surface area contributed by atoms with Crippen LogP contribution in [0.2, 0.25) is 0 Å². The molecule has 1 rings (SSSR count). The van der Waals surface area contributed by atoms with Crippen LogP contribution in [0, 0.1) is 0 Å². The molecule has 0 amide bonds. The second-order valence-electron chi connectivity index (χ2n) is 4.27. The van der Waals surface area contributed by atoms with Gasteiger partial charge in [-0.25, -0.2) is 0 Å². The van der Waals surface area contributed by atoms with Gasteiger partial charge in [0, 0.05) is 6.04 Å². The van der Waals surface area contributed by atoms with Gasteiger partial charge in [-0.2, -0.15) is 0 Å². The van der Waals surface area contributed by atoms with Crippen molar-refractivity contribution in [2.45, 2.75) is 57.6 Å². The van der Waals surface area contributed by atoms with Gasteiger partial charge in [0.2, 0.25) is 0 Å². The molecule has 1 saturated carbocycles. The highest BCUT2D eigenvalue weighted by Gasteiger charge is 2.13. The van der Waals surface area contributed by atoms with Gasteiger partial charge in [0.25, 0.3) is 0 Å². The van der Waals surface area contributed by atoms with Crippen molar-refractivity contribution < 1.29 is 5.11 Å². The monoisotopic (exact) mass is 213 g/mol. The summed E-state index contributed by atoms with van der Waals surface area (Å²) < 4.78 is 0. The smallest absolute Gasteiger partial charge is 0.188 e. The van der Waals surface area contributed by atoms with Crippen LogP contribution < -0.4 is 11.1 Å². The van der Waals surface area contributed by atoms with Gasteiger partial charge < -0.3 is 16.2 Å². The molecular weight excluding hydrogens is 190 g/mol. The van der Waals surface area contributed by atoms with Gasteiger partial charge in [-0.3, -0.25) is 4.99 Å². The van der Waals surface area contributed by atoms with Crippen molar-refractivity contribution in [3.63, 3.8) is 0 Å². The number of aliphatic hydroxyl groups excluding tert-OH is 1. The first kappa shape index (κ1) is 12.3. The molecule has 4 nitrogen and oxygen atoms in total. The van der Waals surface area contributed by atoms with Crippen LogP contribution in [-0.4, -0.2) is 29.8 Å². The van der Waals surface area contributed by atoms with E-state index in [1.54, 1.807) is 0 Å². The minimum Gasteiger partial charge on any atom is -0.391 e. The number of nitrogens with two attached hydrogens (primary N) is 1. The highest BCUT2D eigenvalue weighted by molar-refractivity contribution is 5.78. The Morgan fingerprint density at radius 3 is 2.73 bits per heavy atom. The van der Waals surface area contributed by atoms with Crippen LogP contribution >= 0.6 is 0 Å². The van der Waals surface area contributed by atoms with E-state index in [1.165, 1.54) is 32.1 Å². The van der Waals surface area contributed by atoms with Crippen molar-refractivity contribution in [2.75, 3.05) is 6.54 Å². The summed E-state index contributed by atoms with van der Waals surface area (Å²) in [6.45, 7) is 2.34. The second kappa shape index (κ2) is 6.67. The molecule has 1 atom stereocenters. The molecule has 88 valence electrons. The predicted octanol–water partition coefficient (Wildman–Crippen LogP) is 0.994. The van der Waals surface area contributed by atoms with E-state index in [0.29, 0.717) is 18.5 Å². The van der Waals surface area contributed by atoms with Gasteiger partial charge >= 0.3 is 0 Å². The van der Waals surface area contributed by atoms with Crippen molar-refractivity contribution in [1.82, 2.24) is 5.32 Å². The van der Waals surface area contributed by atoms with Crippen molar-refractivity contribution in [1.29, 1.82) is 0 Å². The van der Waals surface area contributed by atoms with E-state index in [9.17, 15) is 5.11 Å². The van der Waals surface area contributed by atoms with Crippen molar-refractivity contribution in [3.05, 3.63) is 0 Å². The minimum atomic E-state index is -0.364. The Morgan fingerprint density at radius 2 is 2.13 bits per heavy atom. The van der Waals surface area contributed by atoms with E-state index in [1.807, 2.05) is 6.92 Å². The average Bonchev–Trinajstić information content (AvgIpc) is 2.27. The normalized spacial score (nSPS) is 21.3. The van der Waals surface area contributed by atoms with Gasteiger partial charge in [0.15, 0.2) is 5.96 Å². The van der Waals surface area contributed by atoms with E-state index >= 15 is 0 Å². The molecule has 0 saturated heterocycles. The number of hydrogen-bond acceptors (Lipinski definition) is 2. The highest BCUT2D eigenvalue weighted by atomic mass is 16.3. The lowest BCUT2D eigenvalue weighted by Gasteiger charge is -2.23. The molecular formula is C11H23N3O. The minimum absolute atomic E-state index is 0.364. The zero-order valence-corrected chi connectivity index (χ0v) is 9.58. The summed E-state index contributed by atoms with van der Waals surface area (Å²) in [7, 11) is 0. The number of guanidine groups is 1. The Hall–Kier alpha value is -0.770. The molecule has 1 fully saturated rings. The van der Waals surface area contributed by atoms with Gasteiger partial charge in [-0.1, -0.05) is 26.2 Å². The Bertz CT molecular complexity index is 200. The van der Waals surface area contributed by atoms with Crippen molar-refractivity contribution in [3.8, 4) is 0 Å². The fourth-order valence-electron chi connectivity index (χ4n) is 1.83. The first-order valence-electron chi connectivity index (χ1n) is 5.97. The van der Waals surface area contributed by atoms with E-state index in [2.05, 4.69) is 10.3 Å². The first-order chi connectivity index (χ1) is 7.22. The number of nitrogens with zero attached hydrogens (tertiary/aromatic N) is 1. The molecule has 0 bridgehead atoms. The van der Waals surface area contributed by atoms with Gasteiger partial charge in [-0.15, -0.1) is 0 Å². The Balaban J connectivity index is 2.23. The van der Waals surface area contributed by atoms with Gasteiger partial charge in [0.1, 0.15) is 0 Å². The molecule has 1 unspecified atom stereocenters. The Morgan fingerprint density at radius 1 is 1.47 bits per heavy atom. The number of aliphatic hydroxyl groups is 1. The lowest BCUT2D eigenvalue weighted by molar-refractivity contribution is 0.179. The molecule has 0 aromatic rings. The molecule has 0 aromatic carbocycles. The predicted molar refractivity (Wildman–Crippen MR) is 62.8 cm³/mol. The van der Waals surface area contributed by atoms with E-state index in [0.717, 1.165) is 6.42 Å². The van der Waals surface area contributed by atoms with E-state index < -0.39 is 0 Å². The fourth-order valence-corrected chi connectivity index (χ4v) is 1.83. The maximum Gasteiger partial charge on any atom is 0.188 e. The quantitative estimate of drug-likeness (QED) is 0.482. The molecule has 4 N–H and O–H groups in total. The topological polar surface area (TPSA) is 70.6 Å². The Labute approximate surface area is 92.0 Å². The summed E-state index contributed by atoms with van der Waals surface area (Å²) in [6.07, 6.45) is 6.63. The number of rotatable bonds is 4. The second-order valence-corrected chi connectivity index (χ2v) is 4.27. The zero-order valence-electron chi connectivity index (χ0n) is 9.58. The molecule has 1 aliphatic carbocycles. The van der Waals surface area contributed by atoms with E-state index in [-0.39, 0.29) is 6.10 Å². The third-order valence-corrected chi connectivity index (χ3v) is 2.90. The summed E-state index contributed by atoms with van der Waals surface area (Å²) in [4.78, 5) is 4.12. The van der Waals surface area contributed by atoms with Crippen LogP contribution in [0.15, 0.2) is 4.99 Å². The lowest BCUT2D eigenvalue weighted by Crippen LogP contribution is -2.41. The highest BCUT2D eigenvalue weighted by Crippen LogP contribution is 2.16. The fraction of sp³-hybridized carbons (Fsp3) is 0.909. The zero-order chi connectivity index (χ0) is 11.1. The summed E-state index contributed by atoms with van der Waals surface area (Å²) >= 11 is 0. The third kappa shape index (κ3) is 5.02. The number of hydrogen-bond donors (Lipinski definition) is 3. The summed E-state index contributed by atoms with van der Waals surface area (Å²) in [5, 5.41) is 12.5. The van der Waals surface area contributed by atoms with Crippen LogP contribution in [0.5, 0.6) is 0 Å². The summed E-state index contributed by atoms with van der Waals surface area (Å²) in [6, 6.07) is 0.487. The largest absolute Gasteiger partial charge is 0.391 e. The molecule has 0 radical (unpaired) electrons. The maximum atomic E-state index is 9.32. The van der Waals surface area contributed by atoms with Crippen LogP contribution in [0.4, 0.5) is 0 Å². The van der Waals surface area contributed by atoms with Crippen molar-refractivity contribution >= 4 is 5.96 Å². The summed E-state index contributed by atoms with van der Waals surface area (Å²) in [5.41, 5.74) is 5.74. The van der Waals surface area contributed by atoms with Crippen LogP contribution in [0.1, 0.15) is 45.4 Å². The van der Waals surface area contributed by atoms with Crippen molar-refractivity contribution in [2.24, 2.45) is 10.7 Å². The molecule has 1 aliphatic rings.